The largest absolute Gasteiger partial charge is 0.466 e. The van der Waals surface area contributed by atoms with Crippen molar-refractivity contribution in [2.75, 3.05) is 6.61 Å². The summed E-state index contributed by atoms with van der Waals surface area (Å²) in [5.74, 6) is -0.208. The Hall–Kier alpha value is -2.26. The number of aryl methyl sites for hydroxylation is 1. The number of H-pyrrole nitrogens is 1. The Morgan fingerprint density at radius 1 is 1.17 bits per heavy atom. The Labute approximate surface area is 140 Å². The molecule has 0 aliphatic heterocycles. The van der Waals surface area contributed by atoms with Gasteiger partial charge in [0.25, 0.3) is 0 Å². The first-order valence-electron chi connectivity index (χ1n) is 7.62. The molecule has 0 spiro atoms. The third-order valence-electron chi connectivity index (χ3n) is 3.88. The maximum Gasteiger partial charge on any atom is 0.310 e. The second-order valence-electron chi connectivity index (χ2n) is 5.45. The maximum absolute atomic E-state index is 11.8. The number of hydrogen-bond donors (Lipinski definition) is 1. The molecule has 1 aromatic heterocycles. The Morgan fingerprint density at radius 3 is 2.61 bits per heavy atom. The van der Waals surface area contributed by atoms with Gasteiger partial charge in [0.2, 0.25) is 0 Å². The maximum atomic E-state index is 11.8. The van der Waals surface area contributed by atoms with E-state index in [9.17, 15) is 4.79 Å². The second kappa shape index (κ2) is 6.47. The molecular weight excluding hydrogens is 310 g/mol. The number of aromatic amines is 1. The van der Waals surface area contributed by atoms with Crippen LogP contribution in [0.15, 0.2) is 42.5 Å². The highest BCUT2D eigenvalue weighted by atomic mass is 35.5. The van der Waals surface area contributed by atoms with Crippen molar-refractivity contribution in [1.82, 2.24) is 4.98 Å². The molecule has 23 heavy (non-hydrogen) atoms. The van der Waals surface area contributed by atoms with Crippen LogP contribution in [0.4, 0.5) is 0 Å². The number of carbonyl (C=O) groups is 1. The number of carbonyl (C=O) groups excluding carboxylic acids is 1. The van der Waals surface area contributed by atoms with Crippen molar-refractivity contribution in [3.8, 4) is 11.1 Å². The molecule has 0 aliphatic carbocycles. The molecular formula is C19H18ClNO2. The summed E-state index contributed by atoms with van der Waals surface area (Å²) >= 11 is 5.98. The number of aromatic nitrogens is 1. The lowest BCUT2D eigenvalue weighted by Gasteiger charge is -2.05. The first-order chi connectivity index (χ1) is 11.1. The van der Waals surface area contributed by atoms with Crippen LogP contribution in [-0.2, 0) is 16.0 Å². The van der Waals surface area contributed by atoms with Gasteiger partial charge in [0, 0.05) is 21.7 Å². The van der Waals surface area contributed by atoms with Crippen LogP contribution in [-0.4, -0.2) is 17.6 Å². The van der Waals surface area contributed by atoms with E-state index in [1.807, 2.05) is 50.2 Å². The van der Waals surface area contributed by atoms with Crippen molar-refractivity contribution in [3.05, 3.63) is 58.7 Å². The highest BCUT2D eigenvalue weighted by Gasteiger charge is 2.15. The highest BCUT2D eigenvalue weighted by molar-refractivity contribution is 6.30. The number of rotatable bonds is 4. The molecule has 0 amide bonds. The molecule has 118 valence electrons. The number of para-hydroxylation sites is 1. The Kier molecular flexibility index (Phi) is 4.39. The van der Waals surface area contributed by atoms with E-state index in [0.717, 1.165) is 33.3 Å². The fourth-order valence-corrected chi connectivity index (χ4v) is 3.04. The number of esters is 1. The summed E-state index contributed by atoms with van der Waals surface area (Å²) < 4.78 is 5.06. The van der Waals surface area contributed by atoms with E-state index < -0.39 is 0 Å². The van der Waals surface area contributed by atoms with Crippen molar-refractivity contribution >= 4 is 28.5 Å². The Balaban J connectivity index is 2.09. The molecule has 0 aliphatic rings. The average Bonchev–Trinajstić information content (AvgIpc) is 2.86. The summed E-state index contributed by atoms with van der Waals surface area (Å²) in [4.78, 5) is 15.2. The van der Waals surface area contributed by atoms with Crippen LogP contribution < -0.4 is 0 Å². The van der Waals surface area contributed by atoms with Crippen LogP contribution in [0.1, 0.15) is 18.2 Å². The third kappa shape index (κ3) is 3.10. The zero-order chi connectivity index (χ0) is 16.4. The molecule has 1 N–H and O–H groups in total. The van der Waals surface area contributed by atoms with E-state index >= 15 is 0 Å². The number of halogens is 1. The van der Waals surface area contributed by atoms with Crippen molar-refractivity contribution in [2.24, 2.45) is 0 Å². The standard InChI is InChI=1S/C19H18ClNO2/c1-3-23-17(22)11-14-5-4-6-16-18(12(2)21-19(14)16)13-7-9-15(20)10-8-13/h4-10,21H,3,11H2,1-2H3. The first-order valence-corrected chi connectivity index (χ1v) is 7.99. The number of ether oxygens (including phenoxy) is 1. The monoisotopic (exact) mass is 327 g/mol. The minimum absolute atomic E-state index is 0.208. The molecule has 0 saturated carbocycles. The molecule has 3 aromatic rings. The predicted molar refractivity (Wildman–Crippen MR) is 93.8 cm³/mol. The molecule has 0 bridgehead atoms. The number of benzene rings is 2. The van der Waals surface area contributed by atoms with Gasteiger partial charge in [-0.1, -0.05) is 41.9 Å². The zero-order valence-corrected chi connectivity index (χ0v) is 13.9. The molecule has 3 nitrogen and oxygen atoms in total. The van der Waals surface area contributed by atoms with Crippen LogP contribution in [0.2, 0.25) is 5.02 Å². The van der Waals surface area contributed by atoms with Gasteiger partial charge >= 0.3 is 5.97 Å². The summed E-state index contributed by atoms with van der Waals surface area (Å²) in [5, 5.41) is 1.82. The number of nitrogens with one attached hydrogen (secondary N) is 1. The van der Waals surface area contributed by atoms with Crippen LogP contribution in [0.25, 0.3) is 22.0 Å². The molecule has 4 heteroatoms. The lowest BCUT2D eigenvalue weighted by molar-refractivity contribution is -0.142. The van der Waals surface area contributed by atoms with Gasteiger partial charge in [-0.2, -0.15) is 0 Å². The molecule has 0 saturated heterocycles. The minimum Gasteiger partial charge on any atom is -0.466 e. The summed E-state index contributed by atoms with van der Waals surface area (Å²) in [5.41, 5.74) is 5.25. The Bertz CT molecular complexity index is 850. The van der Waals surface area contributed by atoms with Crippen LogP contribution in [0.5, 0.6) is 0 Å². The van der Waals surface area contributed by atoms with Gasteiger partial charge < -0.3 is 9.72 Å². The highest BCUT2D eigenvalue weighted by Crippen LogP contribution is 2.34. The SMILES string of the molecule is CCOC(=O)Cc1cccc2c(-c3ccc(Cl)cc3)c(C)[nH]c12. The van der Waals surface area contributed by atoms with E-state index in [0.29, 0.717) is 11.6 Å². The summed E-state index contributed by atoms with van der Waals surface area (Å²) in [6, 6.07) is 13.8. The molecule has 0 radical (unpaired) electrons. The summed E-state index contributed by atoms with van der Waals surface area (Å²) in [6.45, 7) is 4.25. The molecule has 0 unspecified atom stereocenters. The molecule has 0 atom stereocenters. The predicted octanol–water partition coefficient (Wildman–Crippen LogP) is 4.90. The van der Waals surface area contributed by atoms with Gasteiger partial charge in [-0.3, -0.25) is 4.79 Å². The molecule has 0 fully saturated rings. The fraction of sp³-hybridized carbons (Fsp3) is 0.211. The minimum atomic E-state index is -0.208. The molecule has 3 rings (SSSR count). The van der Waals surface area contributed by atoms with Crippen molar-refractivity contribution in [1.29, 1.82) is 0 Å². The lowest BCUT2D eigenvalue weighted by atomic mass is 10.0. The Morgan fingerprint density at radius 2 is 1.91 bits per heavy atom. The van der Waals surface area contributed by atoms with Gasteiger partial charge in [-0.15, -0.1) is 0 Å². The lowest BCUT2D eigenvalue weighted by Crippen LogP contribution is -2.07. The van der Waals surface area contributed by atoms with Crippen molar-refractivity contribution in [2.45, 2.75) is 20.3 Å². The third-order valence-corrected chi connectivity index (χ3v) is 4.13. The van der Waals surface area contributed by atoms with E-state index in [-0.39, 0.29) is 12.4 Å². The summed E-state index contributed by atoms with van der Waals surface area (Å²) in [6.07, 6.45) is 0.269. The average molecular weight is 328 g/mol. The van der Waals surface area contributed by atoms with E-state index in [1.54, 1.807) is 0 Å². The van der Waals surface area contributed by atoms with E-state index in [2.05, 4.69) is 11.1 Å². The second-order valence-corrected chi connectivity index (χ2v) is 5.89. The first kappa shape index (κ1) is 15.6. The summed E-state index contributed by atoms with van der Waals surface area (Å²) in [7, 11) is 0. The van der Waals surface area contributed by atoms with Gasteiger partial charge in [0.1, 0.15) is 0 Å². The molecule has 1 heterocycles. The van der Waals surface area contributed by atoms with Gasteiger partial charge in [-0.05, 0) is 37.1 Å². The number of hydrogen-bond acceptors (Lipinski definition) is 2. The topological polar surface area (TPSA) is 42.1 Å². The van der Waals surface area contributed by atoms with Crippen LogP contribution in [0.3, 0.4) is 0 Å². The van der Waals surface area contributed by atoms with E-state index in [4.69, 9.17) is 16.3 Å². The van der Waals surface area contributed by atoms with Crippen LogP contribution in [0, 0.1) is 6.92 Å². The van der Waals surface area contributed by atoms with Crippen LogP contribution >= 0.6 is 11.6 Å². The van der Waals surface area contributed by atoms with Gasteiger partial charge in [0.05, 0.1) is 18.5 Å². The normalized spacial score (nSPS) is 10.9. The van der Waals surface area contributed by atoms with Crippen molar-refractivity contribution in [3.63, 3.8) is 0 Å². The van der Waals surface area contributed by atoms with Gasteiger partial charge in [0.15, 0.2) is 0 Å². The zero-order valence-electron chi connectivity index (χ0n) is 13.2. The van der Waals surface area contributed by atoms with E-state index in [1.165, 1.54) is 0 Å². The van der Waals surface area contributed by atoms with Crippen molar-refractivity contribution < 1.29 is 9.53 Å². The number of fused-ring (bicyclic) bond motifs is 1. The molecule has 2 aromatic carbocycles. The fourth-order valence-electron chi connectivity index (χ4n) is 2.91. The van der Waals surface area contributed by atoms with Gasteiger partial charge in [-0.25, -0.2) is 0 Å². The smallest absolute Gasteiger partial charge is 0.310 e. The quantitative estimate of drug-likeness (QED) is 0.692.